The van der Waals surface area contributed by atoms with E-state index >= 15 is 0 Å². The van der Waals surface area contributed by atoms with Gasteiger partial charge in [0.15, 0.2) is 0 Å². The van der Waals surface area contributed by atoms with Crippen molar-refractivity contribution in [1.82, 2.24) is 0 Å². The van der Waals surface area contributed by atoms with Gasteiger partial charge < -0.3 is 0 Å². The number of anilines is 1. The minimum absolute atomic E-state index is 0.169. The average Bonchev–Trinajstić information content (AvgIpc) is 2.87. The van der Waals surface area contributed by atoms with Crippen LogP contribution < -0.4 is 4.31 Å². The zero-order chi connectivity index (χ0) is 15.0. The van der Waals surface area contributed by atoms with Gasteiger partial charge in [0.05, 0.1) is 11.4 Å². The van der Waals surface area contributed by atoms with Crippen molar-refractivity contribution in [2.24, 2.45) is 0 Å². The van der Waals surface area contributed by atoms with E-state index in [1.54, 1.807) is 36.4 Å². The maximum absolute atomic E-state index is 13.9. The molecule has 0 spiro atoms. The molecule has 0 saturated carbocycles. The molecule has 3 rings (SSSR count). The number of benzene rings is 2. The fourth-order valence-electron chi connectivity index (χ4n) is 2.52. The van der Waals surface area contributed by atoms with E-state index in [0.29, 0.717) is 17.0 Å². The summed E-state index contributed by atoms with van der Waals surface area (Å²) < 4.78 is 40.2. The number of hydrogen-bond donors (Lipinski definition) is 0. The lowest BCUT2D eigenvalue weighted by atomic mass is 10.2. The van der Waals surface area contributed by atoms with E-state index in [0.717, 1.165) is 5.56 Å². The fraction of sp³-hybridized carbons (Fsp3) is 0.200. The van der Waals surface area contributed by atoms with Gasteiger partial charge in [-0.3, -0.25) is 4.31 Å². The standard InChI is InChI=1S/C15H13ClFNO2S/c16-13-6-4-11(5-7-13)10-21(19,20)18-9-8-12-2-1-3-14(17)15(12)18/h1-7H,8-10H2. The molecule has 0 saturated heterocycles. The van der Waals surface area contributed by atoms with Crippen LogP contribution in [0.25, 0.3) is 0 Å². The highest BCUT2D eigenvalue weighted by atomic mass is 35.5. The highest BCUT2D eigenvalue weighted by Crippen LogP contribution is 2.33. The van der Waals surface area contributed by atoms with Crippen LogP contribution in [0.2, 0.25) is 5.02 Å². The van der Waals surface area contributed by atoms with Crippen molar-refractivity contribution in [2.75, 3.05) is 10.8 Å². The SMILES string of the molecule is O=S(=O)(Cc1ccc(Cl)cc1)N1CCc2cccc(F)c21. The highest BCUT2D eigenvalue weighted by Gasteiger charge is 2.31. The van der Waals surface area contributed by atoms with Gasteiger partial charge >= 0.3 is 0 Å². The summed E-state index contributed by atoms with van der Waals surface area (Å²) in [5, 5.41) is 0.550. The van der Waals surface area contributed by atoms with Crippen molar-refractivity contribution in [2.45, 2.75) is 12.2 Å². The van der Waals surface area contributed by atoms with E-state index in [9.17, 15) is 12.8 Å². The Morgan fingerprint density at radius 2 is 1.86 bits per heavy atom. The van der Waals surface area contributed by atoms with Crippen LogP contribution in [0.5, 0.6) is 0 Å². The van der Waals surface area contributed by atoms with Gasteiger partial charge in [-0.15, -0.1) is 0 Å². The first-order valence-corrected chi connectivity index (χ1v) is 8.48. The molecular formula is C15H13ClFNO2S. The number of halogens is 2. The molecule has 0 aromatic heterocycles. The predicted molar refractivity (Wildman–Crippen MR) is 81.5 cm³/mol. The Morgan fingerprint density at radius 3 is 2.57 bits per heavy atom. The molecule has 1 aliphatic rings. The van der Waals surface area contributed by atoms with Crippen LogP contribution in [-0.4, -0.2) is 15.0 Å². The van der Waals surface area contributed by atoms with Gasteiger partial charge in [0.25, 0.3) is 0 Å². The maximum atomic E-state index is 13.9. The van der Waals surface area contributed by atoms with Gasteiger partial charge in [-0.25, -0.2) is 12.8 Å². The van der Waals surface area contributed by atoms with Crippen molar-refractivity contribution >= 4 is 27.3 Å². The van der Waals surface area contributed by atoms with Crippen molar-refractivity contribution in [1.29, 1.82) is 0 Å². The summed E-state index contributed by atoms with van der Waals surface area (Å²) in [7, 11) is -3.61. The minimum Gasteiger partial charge on any atom is -0.266 e. The number of nitrogens with zero attached hydrogens (tertiary/aromatic N) is 1. The maximum Gasteiger partial charge on any atom is 0.239 e. The molecule has 2 aromatic carbocycles. The quantitative estimate of drug-likeness (QED) is 0.867. The summed E-state index contributed by atoms with van der Waals surface area (Å²) in [4.78, 5) is 0. The van der Waals surface area contributed by atoms with Crippen LogP contribution in [0.1, 0.15) is 11.1 Å². The van der Waals surface area contributed by atoms with Crippen molar-refractivity contribution in [3.05, 3.63) is 64.4 Å². The van der Waals surface area contributed by atoms with E-state index < -0.39 is 15.8 Å². The molecule has 0 amide bonds. The largest absolute Gasteiger partial charge is 0.266 e. The van der Waals surface area contributed by atoms with Crippen LogP contribution in [0, 0.1) is 5.82 Å². The van der Waals surface area contributed by atoms with Crippen LogP contribution in [0.15, 0.2) is 42.5 Å². The summed E-state index contributed by atoms with van der Waals surface area (Å²) >= 11 is 5.79. The van der Waals surface area contributed by atoms with Crippen LogP contribution in [0.3, 0.4) is 0 Å². The Balaban J connectivity index is 1.93. The van der Waals surface area contributed by atoms with Crippen molar-refractivity contribution < 1.29 is 12.8 Å². The first-order valence-electron chi connectivity index (χ1n) is 6.49. The Labute approximate surface area is 128 Å². The number of rotatable bonds is 3. The third kappa shape index (κ3) is 2.76. The zero-order valence-corrected chi connectivity index (χ0v) is 12.7. The second-order valence-electron chi connectivity index (χ2n) is 4.95. The summed E-state index contributed by atoms with van der Waals surface area (Å²) in [5.41, 5.74) is 1.55. The Morgan fingerprint density at radius 1 is 1.14 bits per heavy atom. The molecule has 0 aliphatic carbocycles. The lowest BCUT2D eigenvalue weighted by Crippen LogP contribution is -2.30. The molecule has 110 valence electrons. The summed E-state index contributed by atoms with van der Waals surface area (Å²) in [6, 6.07) is 11.3. The second-order valence-corrected chi connectivity index (χ2v) is 7.28. The van der Waals surface area contributed by atoms with Crippen LogP contribution in [-0.2, 0) is 22.2 Å². The van der Waals surface area contributed by atoms with E-state index in [1.807, 2.05) is 0 Å². The summed E-state index contributed by atoms with van der Waals surface area (Å²) in [6.07, 6.45) is 0.535. The molecule has 0 fully saturated rings. The topological polar surface area (TPSA) is 37.4 Å². The Bertz CT molecular complexity index is 775. The minimum atomic E-state index is -3.61. The summed E-state index contributed by atoms with van der Waals surface area (Å²) in [5.74, 6) is -0.664. The molecule has 0 unspecified atom stereocenters. The molecule has 21 heavy (non-hydrogen) atoms. The van der Waals surface area contributed by atoms with Gasteiger partial charge in [0.2, 0.25) is 10.0 Å². The lowest BCUT2D eigenvalue weighted by Gasteiger charge is -2.20. The van der Waals surface area contributed by atoms with E-state index in [2.05, 4.69) is 0 Å². The number of para-hydroxylation sites is 1. The second kappa shape index (κ2) is 5.31. The molecule has 3 nitrogen and oxygen atoms in total. The molecule has 0 N–H and O–H groups in total. The summed E-state index contributed by atoms with van der Waals surface area (Å²) in [6.45, 7) is 0.284. The number of sulfonamides is 1. The Hall–Kier alpha value is -1.59. The lowest BCUT2D eigenvalue weighted by molar-refractivity contribution is 0.587. The smallest absolute Gasteiger partial charge is 0.239 e. The normalized spacial score (nSPS) is 14.3. The number of fused-ring (bicyclic) bond motifs is 1. The van der Waals surface area contributed by atoms with Crippen molar-refractivity contribution in [3.8, 4) is 0 Å². The molecule has 1 aliphatic heterocycles. The molecule has 1 heterocycles. The monoisotopic (exact) mass is 325 g/mol. The molecule has 0 radical (unpaired) electrons. The molecule has 6 heteroatoms. The van der Waals surface area contributed by atoms with Gasteiger partial charge in [0.1, 0.15) is 5.82 Å². The third-order valence-electron chi connectivity index (χ3n) is 3.50. The van der Waals surface area contributed by atoms with Gasteiger partial charge in [0, 0.05) is 11.6 Å². The van der Waals surface area contributed by atoms with Crippen molar-refractivity contribution in [3.63, 3.8) is 0 Å². The molecular weight excluding hydrogens is 313 g/mol. The van der Waals surface area contributed by atoms with Gasteiger partial charge in [-0.05, 0) is 35.7 Å². The van der Waals surface area contributed by atoms with E-state index in [-0.39, 0.29) is 18.0 Å². The van der Waals surface area contributed by atoms with Gasteiger partial charge in [-0.2, -0.15) is 0 Å². The predicted octanol–water partition coefficient (Wildman–Crippen LogP) is 3.37. The van der Waals surface area contributed by atoms with E-state index in [4.69, 9.17) is 11.6 Å². The molecule has 0 bridgehead atoms. The molecule has 0 atom stereocenters. The molecule has 2 aromatic rings. The first kappa shape index (κ1) is 14.4. The highest BCUT2D eigenvalue weighted by molar-refractivity contribution is 7.92. The van der Waals surface area contributed by atoms with Crippen LogP contribution in [0.4, 0.5) is 10.1 Å². The van der Waals surface area contributed by atoms with Crippen LogP contribution >= 0.6 is 11.6 Å². The Kier molecular flexibility index (Phi) is 3.63. The third-order valence-corrected chi connectivity index (χ3v) is 5.49. The zero-order valence-electron chi connectivity index (χ0n) is 11.1. The fourth-order valence-corrected chi connectivity index (χ4v) is 4.27. The first-order chi connectivity index (χ1) is 9.97. The number of hydrogen-bond acceptors (Lipinski definition) is 2. The van der Waals surface area contributed by atoms with E-state index in [1.165, 1.54) is 10.4 Å². The average molecular weight is 326 g/mol. The van der Waals surface area contributed by atoms with Gasteiger partial charge in [-0.1, -0.05) is 35.9 Å².